The number of hydrogen-bond donors (Lipinski definition) is 1. The van der Waals surface area contributed by atoms with Gasteiger partial charge in [-0.05, 0) is 6.07 Å². The van der Waals surface area contributed by atoms with E-state index < -0.39 is 0 Å². The zero-order chi connectivity index (χ0) is 11.5. The largest absolute Gasteiger partial charge is 0.388 e. The summed E-state index contributed by atoms with van der Waals surface area (Å²) in [5.74, 6) is 0. The molecule has 4 nitrogen and oxygen atoms in total. The molecule has 82 valence electrons. The SMILES string of the molecule is NC(=S)c1ncccc1Cn1ccsc1=O. The highest BCUT2D eigenvalue weighted by Crippen LogP contribution is 2.07. The number of nitrogens with two attached hydrogens (primary N) is 1. The van der Waals surface area contributed by atoms with Crippen LogP contribution in [-0.4, -0.2) is 14.5 Å². The minimum absolute atomic E-state index is 0.00209. The molecule has 0 amide bonds. The fourth-order valence-electron chi connectivity index (χ4n) is 1.38. The predicted molar refractivity (Wildman–Crippen MR) is 67.8 cm³/mol. The van der Waals surface area contributed by atoms with Crippen molar-refractivity contribution in [1.29, 1.82) is 0 Å². The van der Waals surface area contributed by atoms with E-state index in [0.717, 1.165) is 16.9 Å². The first-order valence-corrected chi connectivity index (χ1v) is 5.85. The average molecular weight is 251 g/mol. The fourth-order valence-corrected chi connectivity index (χ4v) is 2.15. The normalized spacial score (nSPS) is 10.2. The Hall–Kier alpha value is -1.53. The van der Waals surface area contributed by atoms with Crippen molar-refractivity contribution in [1.82, 2.24) is 9.55 Å². The van der Waals surface area contributed by atoms with Gasteiger partial charge in [-0.1, -0.05) is 29.6 Å². The average Bonchev–Trinajstić information content (AvgIpc) is 2.65. The van der Waals surface area contributed by atoms with E-state index in [1.807, 2.05) is 6.07 Å². The molecule has 0 unspecified atom stereocenters. The molecule has 0 saturated carbocycles. The molecule has 2 aromatic rings. The summed E-state index contributed by atoms with van der Waals surface area (Å²) < 4.78 is 1.60. The molecule has 0 aliphatic carbocycles. The van der Waals surface area contributed by atoms with Crippen LogP contribution >= 0.6 is 23.6 Å². The topological polar surface area (TPSA) is 60.9 Å². The first-order chi connectivity index (χ1) is 7.68. The van der Waals surface area contributed by atoms with Gasteiger partial charge in [0, 0.05) is 23.3 Å². The summed E-state index contributed by atoms with van der Waals surface area (Å²) in [6, 6.07) is 3.67. The third kappa shape index (κ3) is 2.17. The quantitative estimate of drug-likeness (QED) is 0.826. The van der Waals surface area contributed by atoms with E-state index in [9.17, 15) is 4.79 Å². The van der Waals surface area contributed by atoms with Gasteiger partial charge in [0.05, 0.1) is 6.54 Å². The van der Waals surface area contributed by atoms with Crippen LogP contribution in [0.25, 0.3) is 0 Å². The molecule has 2 aromatic heterocycles. The van der Waals surface area contributed by atoms with Crippen molar-refractivity contribution >= 4 is 28.5 Å². The van der Waals surface area contributed by atoms with Crippen LogP contribution < -0.4 is 10.6 Å². The van der Waals surface area contributed by atoms with E-state index in [-0.39, 0.29) is 9.86 Å². The van der Waals surface area contributed by atoms with E-state index in [4.69, 9.17) is 18.0 Å². The molecule has 0 bridgehead atoms. The molecule has 0 radical (unpaired) electrons. The Labute approximate surface area is 101 Å². The zero-order valence-electron chi connectivity index (χ0n) is 8.29. The molecular formula is C10H9N3OS2. The van der Waals surface area contributed by atoms with Crippen LogP contribution in [0.2, 0.25) is 0 Å². The molecule has 2 heterocycles. The third-order valence-electron chi connectivity index (χ3n) is 2.11. The van der Waals surface area contributed by atoms with Crippen LogP contribution in [0.3, 0.4) is 0 Å². The van der Waals surface area contributed by atoms with Gasteiger partial charge < -0.3 is 10.3 Å². The van der Waals surface area contributed by atoms with Crippen molar-refractivity contribution in [3.63, 3.8) is 0 Å². The maximum Gasteiger partial charge on any atom is 0.307 e. The van der Waals surface area contributed by atoms with Crippen molar-refractivity contribution < 1.29 is 0 Å². The minimum Gasteiger partial charge on any atom is -0.388 e. The van der Waals surface area contributed by atoms with Crippen LogP contribution in [0.4, 0.5) is 0 Å². The van der Waals surface area contributed by atoms with E-state index >= 15 is 0 Å². The van der Waals surface area contributed by atoms with Crippen molar-refractivity contribution in [3.8, 4) is 0 Å². The van der Waals surface area contributed by atoms with Gasteiger partial charge in [-0.25, -0.2) is 0 Å². The van der Waals surface area contributed by atoms with Gasteiger partial charge in [0.1, 0.15) is 10.7 Å². The molecule has 6 heteroatoms. The Balaban J connectivity index is 2.39. The highest BCUT2D eigenvalue weighted by atomic mass is 32.1. The monoisotopic (exact) mass is 251 g/mol. The Morgan fingerprint density at radius 2 is 2.44 bits per heavy atom. The Morgan fingerprint density at radius 3 is 3.06 bits per heavy atom. The number of rotatable bonds is 3. The lowest BCUT2D eigenvalue weighted by atomic mass is 10.2. The van der Waals surface area contributed by atoms with Crippen molar-refractivity contribution in [2.24, 2.45) is 5.73 Å². The van der Waals surface area contributed by atoms with E-state index in [1.165, 1.54) is 0 Å². The van der Waals surface area contributed by atoms with Gasteiger partial charge in [-0.2, -0.15) is 0 Å². The van der Waals surface area contributed by atoms with Gasteiger partial charge >= 0.3 is 4.87 Å². The second-order valence-corrected chi connectivity index (χ2v) is 4.47. The summed E-state index contributed by atoms with van der Waals surface area (Å²) in [4.78, 5) is 15.8. The summed E-state index contributed by atoms with van der Waals surface area (Å²) >= 11 is 6.07. The number of hydrogen-bond acceptors (Lipinski definition) is 4. The van der Waals surface area contributed by atoms with Gasteiger partial charge in [0.15, 0.2) is 0 Å². The van der Waals surface area contributed by atoms with Crippen LogP contribution in [0.1, 0.15) is 11.3 Å². The van der Waals surface area contributed by atoms with E-state index in [0.29, 0.717) is 12.2 Å². The second-order valence-electron chi connectivity index (χ2n) is 3.17. The molecule has 0 atom stereocenters. The van der Waals surface area contributed by atoms with Crippen LogP contribution in [-0.2, 0) is 6.54 Å². The third-order valence-corrected chi connectivity index (χ3v) is 3.00. The number of pyridine rings is 1. The summed E-state index contributed by atoms with van der Waals surface area (Å²) in [6.45, 7) is 0.447. The standard InChI is InChI=1S/C10H9N3OS2/c11-9(15)8-7(2-1-3-12-8)6-13-4-5-16-10(13)14/h1-5H,6H2,(H2,11,15). The first-order valence-electron chi connectivity index (χ1n) is 4.56. The van der Waals surface area contributed by atoms with Crippen molar-refractivity contribution in [3.05, 3.63) is 50.8 Å². The van der Waals surface area contributed by atoms with Crippen LogP contribution in [0, 0.1) is 0 Å². The minimum atomic E-state index is -0.00209. The Kier molecular flexibility index (Phi) is 3.12. The molecular weight excluding hydrogens is 242 g/mol. The van der Waals surface area contributed by atoms with Crippen molar-refractivity contribution in [2.45, 2.75) is 6.54 Å². The fraction of sp³-hybridized carbons (Fsp3) is 0.100. The summed E-state index contributed by atoms with van der Waals surface area (Å²) in [5.41, 5.74) is 7.00. The molecule has 2 N–H and O–H groups in total. The number of aromatic nitrogens is 2. The van der Waals surface area contributed by atoms with E-state index in [1.54, 1.807) is 28.4 Å². The molecule has 0 aliphatic rings. The lowest BCUT2D eigenvalue weighted by Crippen LogP contribution is -2.19. The molecule has 2 rings (SSSR count). The summed E-state index contributed by atoms with van der Waals surface area (Å²) in [5, 5.41) is 1.75. The number of nitrogens with zero attached hydrogens (tertiary/aromatic N) is 2. The molecule has 16 heavy (non-hydrogen) atoms. The maximum absolute atomic E-state index is 11.4. The molecule has 0 fully saturated rings. The number of thiocarbonyl (C=S) groups is 1. The molecule has 0 saturated heterocycles. The van der Waals surface area contributed by atoms with Gasteiger partial charge in [0.25, 0.3) is 0 Å². The zero-order valence-corrected chi connectivity index (χ0v) is 9.92. The van der Waals surface area contributed by atoms with Gasteiger partial charge in [0.2, 0.25) is 0 Å². The lowest BCUT2D eigenvalue weighted by Gasteiger charge is -2.06. The second kappa shape index (κ2) is 4.54. The maximum atomic E-state index is 11.4. The predicted octanol–water partition coefficient (Wildman–Crippen LogP) is 0.987. The van der Waals surface area contributed by atoms with Crippen molar-refractivity contribution in [2.75, 3.05) is 0 Å². The van der Waals surface area contributed by atoms with Gasteiger partial charge in [-0.3, -0.25) is 9.78 Å². The number of thiazole rings is 1. The molecule has 0 aliphatic heterocycles. The molecule has 0 aromatic carbocycles. The molecule has 0 spiro atoms. The van der Waals surface area contributed by atoms with Crippen LogP contribution in [0.15, 0.2) is 34.7 Å². The summed E-state index contributed by atoms with van der Waals surface area (Å²) in [7, 11) is 0. The highest BCUT2D eigenvalue weighted by molar-refractivity contribution is 7.80. The lowest BCUT2D eigenvalue weighted by molar-refractivity contribution is 0.778. The van der Waals surface area contributed by atoms with Gasteiger partial charge in [-0.15, -0.1) is 0 Å². The highest BCUT2D eigenvalue weighted by Gasteiger charge is 2.07. The first kappa shape index (κ1) is 11.0. The summed E-state index contributed by atoms with van der Waals surface area (Å²) in [6.07, 6.45) is 3.37. The smallest absolute Gasteiger partial charge is 0.307 e. The Morgan fingerprint density at radius 1 is 1.62 bits per heavy atom. The van der Waals surface area contributed by atoms with E-state index in [2.05, 4.69) is 4.98 Å². The van der Waals surface area contributed by atoms with Crippen LogP contribution in [0.5, 0.6) is 0 Å². The Bertz CT molecular complexity index is 573.